The molecule has 0 saturated carbocycles. The van der Waals surface area contributed by atoms with Crippen LogP contribution in [0.3, 0.4) is 0 Å². The molecule has 0 saturated heterocycles. The number of rotatable bonds is 7. The van der Waals surface area contributed by atoms with Crippen LogP contribution in [0, 0.1) is 11.3 Å². The first kappa shape index (κ1) is 12.7. The van der Waals surface area contributed by atoms with Gasteiger partial charge in [0.25, 0.3) is 0 Å². The summed E-state index contributed by atoms with van der Waals surface area (Å²) in [5, 5.41) is 16.9. The Morgan fingerprint density at radius 3 is 2.79 bits per heavy atom. The third-order valence-electron chi connectivity index (χ3n) is 1.67. The van der Waals surface area contributed by atoms with Crippen LogP contribution in [0.5, 0.6) is 0 Å². The van der Waals surface area contributed by atoms with E-state index < -0.39 is 5.97 Å². The van der Waals surface area contributed by atoms with E-state index in [4.69, 9.17) is 15.1 Å². The van der Waals surface area contributed by atoms with Gasteiger partial charge >= 0.3 is 5.97 Å². The lowest BCUT2D eigenvalue weighted by Gasteiger charge is -2.02. The molecule has 4 nitrogen and oxygen atoms in total. The number of hydrogen-bond donors (Lipinski definition) is 1. The molecule has 0 aromatic rings. The fourth-order valence-electron chi connectivity index (χ4n) is 0.849. The maximum absolute atomic E-state index is 10.5. The Hall–Kier alpha value is -1.34. The van der Waals surface area contributed by atoms with Crippen LogP contribution in [0.15, 0.2) is 11.6 Å². The van der Waals surface area contributed by atoms with Gasteiger partial charge in [0.2, 0.25) is 0 Å². The summed E-state index contributed by atoms with van der Waals surface area (Å²) in [4.78, 5) is 10.5. The molecule has 0 rings (SSSR count). The maximum atomic E-state index is 10.5. The number of hydrogen-bond acceptors (Lipinski definition) is 3. The summed E-state index contributed by atoms with van der Waals surface area (Å²) in [5.41, 5.74) is 0.101. The van der Waals surface area contributed by atoms with Crippen LogP contribution in [0.1, 0.15) is 26.2 Å². The second-order valence-corrected chi connectivity index (χ2v) is 2.82. The van der Waals surface area contributed by atoms with Gasteiger partial charge in [0.05, 0.1) is 12.7 Å². The SMILES string of the molecule is CCCCOCC/C(=C/C#N)C(=O)O. The van der Waals surface area contributed by atoms with Crippen molar-refractivity contribution in [1.29, 1.82) is 5.26 Å². The third-order valence-corrected chi connectivity index (χ3v) is 1.67. The highest BCUT2D eigenvalue weighted by molar-refractivity contribution is 5.87. The summed E-state index contributed by atoms with van der Waals surface area (Å²) < 4.78 is 5.19. The van der Waals surface area contributed by atoms with Crippen LogP contribution in [-0.2, 0) is 9.53 Å². The summed E-state index contributed by atoms with van der Waals surface area (Å²) in [6, 6.07) is 1.70. The highest BCUT2D eigenvalue weighted by Gasteiger charge is 2.05. The normalized spacial score (nSPS) is 11.0. The molecule has 0 fully saturated rings. The molecule has 78 valence electrons. The number of nitriles is 1. The van der Waals surface area contributed by atoms with Crippen molar-refractivity contribution in [2.45, 2.75) is 26.2 Å². The predicted molar refractivity (Wildman–Crippen MR) is 51.7 cm³/mol. The average Bonchev–Trinajstić information content (AvgIpc) is 2.15. The average molecular weight is 197 g/mol. The highest BCUT2D eigenvalue weighted by Crippen LogP contribution is 2.01. The molecule has 4 heteroatoms. The van der Waals surface area contributed by atoms with E-state index in [9.17, 15) is 4.79 Å². The minimum Gasteiger partial charge on any atom is -0.478 e. The smallest absolute Gasteiger partial charge is 0.332 e. The van der Waals surface area contributed by atoms with Crippen LogP contribution in [0.2, 0.25) is 0 Å². The number of carbonyl (C=O) groups is 1. The zero-order valence-corrected chi connectivity index (χ0v) is 8.32. The molecule has 0 aliphatic rings. The third kappa shape index (κ3) is 6.21. The van der Waals surface area contributed by atoms with Gasteiger partial charge in [-0.25, -0.2) is 4.79 Å². The Morgan fingerprint density at radius 1 is 1.57 bits per heavy atom. The number of aliphatic carboxylic acids is 1. The van der Waals surface area contributed by atoms with Crippen molar-refractivity contribution in [1.82, 2.24) is 0 Å². The standard InChI is InChI=1S/C10H15NO3/c1-2-3-7-14-8-5-9(4-6-11)10(12)13/h4H,2-3,5,7-8H2,1H3,(H,12,13)/b9-4-. The molecule has 14 heavy (non-hydrogen) atoms. The molecule has 0 unspecified atom stereocenters. The Morgan fingerprint density at radius 2 is 2.29 bits per heavy atom. The van der Waals surface area contributed by atoms with Gasteiger partial charge in [0.1, 0.15) is 0 Å². The summed E-state index contributed by atoms with van der Waals surface area (Å²) >= 11 is 0. The number of unbranched alkanes of at least 4 members (excludes halogenated alkanes) is 1. The van der Waals surface area contributed by atoms with Gasteiger partial charge < -0.3 is 9.84 Å². The van der Waals surface area contributed by atoms with Crippen molar-refractivity contribution < 1.29 is 14.6 Å². The molecule has 0 radical (unpaired) electrons. The Kier molecular flexibility index (Phi) is 7.48. The predicted octanol–water partition coefficient (Wildman–Crippen LogP) is 1.73. The number of carboxylic acid groups (broad SMARTS) is 1. The molecule has 0 aliphatic carbocycles. The zero-order chi connectivity index (χ0) is 10.8. The van der Waals surface area contributed by atoms with Crippen LogP contribution in [0.4, 0.5) is 0 Å². The molecular formula is C10H15NO3. The lowest BCUT2D eigenvalue weighted by molar-refractivity contribution is -0.132. The van der Waals surface area contributed by atoms with E-state index in [1.165, 1.54) is 0 Å². The minimum absolute atomic E-state index is 0.101. The number of ether oxygens (including phenoxy) is 1. The van der Waals surface area contributed by atoms with Crippen molar-refractivity contribution in [2.75, 3.05) is 13.2 Å². The topological polar surface area (TPSA) is 70.3 Å². The molecular weight excluding hydrogens is 182 g/mol. The fraction of sp³-hybridized carbons (Fsp3) is 0.600. The number of carboxylic acids is 1. The fourth-order valence-corrected chi connectivity index (χ4v) is 0.849. The number of nitrogens with zero attached hydrogens (tertiary/aromatic N) is 1. The quantitative estimate of drug-likeness (QED) is 0.383. The zero-order valence-electron chi connectivity index (χ0n) is 8.32. The van der Waals surface area contributed by atoms with Crippen molar-refractivity contribution >= 4 is 5.97 Å². The maximum Gasteiger partial charge on any atom is 0.332 e. The lowest BCUT2D eigenvalue weighted by atomic mass is 10.2. The molecule has 0 heterocycles. The molecule has 0 atom stereocenters. The molecule has 1 N–H and O–H groups in total. The largest absolute Gasteiger partial charge is 0.478 e. The monoisotopic (exact) mass is 197 g/mol. The summed E-state index contributed by atoms with van der Waals surface area (Å²) in [6.45, 7) is 3.07. The summed E-state index contributed by atoms with van der Waals surface area (Å²) in [6.07, 6.45) is 3.36. The van der Waals surface area contributed by atoms with Crippen molar-refractivity contribution in [3.63, 3.8) is 0 Å². The van der Waals surface area contributed by atoms with Crippen LogP contribution in [-0.4, -0.2) is 24.3 Å². The van der Waals surface area contributed by atoms with Gasteiger partial charge in [-0.15, -0.1) is 0 Å². The van der Waals surface area contributed by atoms with E-state index in [0.717, 1.165) is 18.9 Å². The summed E-state index contributed by atoms with van der Waals surface area (Å²) in [7, 11) is 0. The molecule has 0 amide bonds. The second-order valence-electron chi connectivity index (χ2n) is 2.82. The Bertz CT molecular complexity index is 240. The van der Waals surface area contributed by atoms with E-state index in [-0.39, 0.29) is 12.0 Å². The van der Waals surface area contributed by atoms with Gasteiger partial charge in [-0.05, 0) is 6.42 Å². The minimum atomic E-state index is -1.05. The first-order valence-electron chi connectivity index (χ1n) is 4.62. The molecule has 0 aromatic heterocycles. The molecule has 0 aromatic carbocycles. The summed E-state index contributed by atoms with van der Waals surface area (Å²) in [5.74, 6) is -1.05. The van der Waals surface area contributed by atoms with Crippen LogP contribution >= 0.6 is 0 Å². The van der Waals surface area contributed by atoms with Gasteiger partial charge in [0, 0.05) is 24.7 Å². The van der Waals surface area contributed by atoms with E-state index >= 15 is 0 Å². The number of allylic oxidation sites excluding steroid dienone is 1. The second kappa shape index (κ2) is 8.27. The Balaban J connectivity index is 3.69. The van der Waals surface area contributed by atoms with E-state index in [1.54, 1.807) is 6.07 Å². The van der Waals surface area contributed by atoms with Gasteiger partial charge in [-0.3, -0.25) is 0 Å². The molecule has 0 bridgehead atoms. The van der Waals surface area contributed by atoms with E-state index in [2.05, 4.69) is 6.92 Å². The van der Waals surface area contributed by atoms with Crippen molar-refractivity contribution in [2.24, 2.45) is 0 Å². The lowest BCUT2D eigenvalue weighted by Crippen LogP contribution is -2.05. The van der Waals surface area contributed by atoms with Gasteiger partial charge in [0.15, 0.2) is 0 Å². The van der Waals surface area contributed by atoms with Crippen LogP contribution in [0.25, 0.3) is 0 Å². The van der Waals surface area contributed by atoms with Gasteiger partial charge in [-0.1, -0.05) is 13.3 Å². The van der Waals surface area contributed by atoms with Crippen molar-refractivity contribution in [3.8, 4) is 6.07 Å². The molecule has 0 spiro atoms. The van der Waals surface area contributed by atoms with Crippen LogP contribution < -0.4 is 0 Å². The molecule has 0 aliphatic heterocycles. The first-order valence-corrected chi connectivity index (χ1v) is 4.62. The first-order chi connectivity index (χ1) is 6.72. The van der Waals surface area contributed by atoms with Gasteiger partial charge in [-0.2, -0.15) is 5.26 Å². The van der Waals surface area contributed by atoms with E-state index in [0.29, 0.717) is 13.2 Å². The van der Waals surface area contributed by atoms with Crippen molar-refractivity contribution in [3.05, 3.63) is 11.6 Å². The highest BCUT2D eigenvalue weighted by atomic mass is 16.5. The van der Waals surface area contributed by atoms with E-state index in [1.807, 2.05) is 0 Å². The Labute approximate surface area is 83.8 Å².